The SMILES string of the molecule is CC(=O)c1cccc(OCCCC(=O)N2CCC3CCC(C2)N3)c1.Cl. The molecule has 2 atom stereocenters. The van der Waals surface area contributed by atoms with Gasteiger partial charge in [0.15, 0.2) is 5.78 Å². The zero-order chi connectivity index (χ0) is 16.9. The van der Waals surface area contributed by atoms with Gasteiger partial charge in [-0.15, -0.1) is 12.4 Å². The third-order valence-electron chi connectivity index (χ3n) is 4.92. The van der Waals surface area contributed by atoms with Gasteiger partial charge in [-0.25, -0.2) is 0 Å². The van der Waals surface area contributed by atoms with Crippen molar-refractivity contribution in [1.82, 2.24) is 10.2 Å². The van der Waals surface area contributed by atoms with Gasteiger partial charge >= 0.3 is 0 Å². The number of carbonyl (C=O) groups excluding carboxylic acids is 2. The molecule has 2 saturated heterocycles. The van der Waals surface area contributed by atoms with Gasteiger partial charge in [0, 0.05) is 37.2 Å². The smallest absolute Gasteiger partial charge is 0.222 e. The maximum atomic E-state index is 12.4. The molecule has 0 aliphatic carbocycles. The Balaban J connectivity index is 0.00000225. The van der Waals surface area contributed by atoms with Crippen molar-refractivity contribution >= 4 is 24.1 Å². The molecular weight excluding hydrogens is 340 g/mol. The van der Waals surface area contributed by atoms with E-state index in [1.807, 2.05) is 17.0 Å². The van der Waals surface area contributed by atoms with Crippen LogP contribution in [0.1, 0.15) is 49.4 Å². The second kappa shape index (κ2) is 9.20. The van der Waals surface area contributed by atoms with E-state index in [1.165, 1.54) is 12.8 Å². The number of amides is 1. The first-order valence-corrected chi connectivity index (χ1v) is 8.89. The number of nitrogens with one attached hydrogen (secondary N) is 1. The highest BCUT2D eigenvalue weighted by Gasteiger charge is 2.30. The van der Waals surface area contributed by atoms with Gasteiger partial charge in [-0.1, -0.05) is 12.1 Å². The number of benzene rings is 1. The summed E-state index contributed by atoms with van der Waals surface area (Å²) in [5.74, 6) is 0.941. The molecule has 0 saturated carbocycles. The zero-order valence-electron chi connectivity index (χ0n) is 14.7. The van der Waals surface area contributed by atoms with Gasteiger partial charge in [-0.2, -0.15) is 0 Å². The quantitative estimate of drug-likeness (QED) is 0.621. The number of rotatable bonds is 6. The number of ketones is 1. The highest BCUT2D eigenvalue weighted by atomic mass is 35.5. The molecule has 2 bridgehead atoms. The van der Waals surface area contributed by atoms with E-state index >= 15 is 0 Å². The first-order chi connectivity index (χ1) is 11.6. The van der Waals surface area contributed by atoms with Crippen LogP contribution < -0.4 is 10.1 Å². The van der Waals surface area contributed by atoms with Crippen LogP contribution >= 0.6 is 12.4 Å². The number of ether oxygens (including phenoxy) is 1. The fourth-order valence-electron chi connectivity index (χ4n) is 3.55. The highest BCUT2D eigenvalue weighted by Crippen LogP contribution is 2.21. The van der Waals surface area contributed by atoms with Crippen molar-refractivity contribution < 1.29 is 14.3 Å². The Morgan fingerprint density at radius 1 is 1.24 bits per heavy atom. The van der Waals surface area contributed by atoms with Crippen LogP contribution in [-0.2, 0) is 4.79 Å². The molecule has 25 heavy (non-hydrogen) atoms. The monoisotopic (exact) mass is 366 g/mol. The lowest BCUT2D eigenvalue weighted by atomic mass is 10.1. The van der Waals surface area contributed by atoms with Crippen LogP contribution in [0.4, 0.5) is 0 Å². The minimum atomic E-state index is 0. The van der Waals surface area contributed by atoms with Gasteiger partial charge in [0.05, 0.1) is 6.61 Å². The minimum absolute atomic E-state index is 0. The molecule has 0 aromatic heterocycles. The average molecular weight is 367 g/mol. The molecule has 6 heteroatoms. The largest absolute Gasteiger partial charge is 0.494 e. The average Bonchev–Trinajstić information content (AvgIpc) is 2.90. The van der Waals surface area contributed by atoms with Crippen LogP contribution in [0.15, 0.2) is 24.3 Å². The number of nitrogens with zero attached hydrogens (tertiary/aromatic N) is 1. The van der Waals surface area contributed by atoms with Gasteiger partial charge in [-0.3, -0.25) is 9.59 Å². The maximum Gasteiger partial charge on any atom is 0.222 e. The predicted molar refractivity (Wildman–Crippen MR) is 99.6 cm³/mol. The minimum Gasteiger partial charge on any atom is -0.494 e. The summed E-state index contributed by atoms with van der Waals surface area (Å²) in [6, 6.07) is 8.26. The lowest BCUT2D eigenvalue weighted by molar-refractivity contribution is -0.131. The van der Waals surface area contributed by atoms with Crippen LogP contribution in [-0.4, -0.2) is 48.4 Å². The van der Waals surface area contributed by atoms with Crippen molar-refractivity contribution in [2.24, 2.45) is 0 Å². The van der Waals surface area contributed by atoms with E-state index in [9.17, 15) is 9.59 Å². The molecule has 3 rings (SSSR count). The van der Waals surface area contributed by atoms with E-state index in [1.54, 1.807) is 19.1 Å². The van der Waals surface area contributed by atoms with Gasteiger partial charge in [0.1, 0.15) is 5.75 Å². The second-order valence-electron chi connectivity index (χ2n) is 6.80. The normalized spacial score (nSPS) is 22.0. The molecule has 1 N–H and O–H groups in total. The fourth-order valence-corrected chi connectivity index (χ4v) is 3.55. The summed E-state index contributed by atoms with van der Waals surface area (Å²) >= 11 is 0. The number of fused-ring (bicyclic) bond motifs is 2. The lowest BCUT2D eigenvalue weighted by Gasteiger charge is -2.24. The highest BCUT2D eigenvalue weighted by molar-refractivity contribution is 5.94. The van der Waals surface area contributed by atoms with E-state index in [2.05, 4.69) is 5.32 Å². The van der Waals surface area contributed by atoms with Crippen molar-refractivity contribution in [3.05, 3.63) is 29.8 Å². The summed E-state index contributed by atoms with van der Waals surface area (Å²) in [6.07, 6.45) is 4.71. The Bertz CT molecular complexity index is 608. The summed E-state index contributed by atoms with van der Waals surface area (Å²) in [5.41, 5.74) is 0.649. The van der Waals surface area contributed by atoms with Crippen molar-refractivity contribution in [2.45, 2.75) is 51.1 Å². The molecule has 5 nitrogen and oxygen atoms in total. The Morgan fingerprint density at radius 3 is 2.84 bits per heavy atom. The third kappa shape index (κ3) is 5.44. The van der Waals surface area contributed by atoms with E-state index < -0.39 is 0 Å². The number of hydrogen-bond acceptors (Lipinski definition) is 4. The summed E-state index contributed by atoms with van der Waals surface area (Å²) in [7, 11) is 0. The number of carbonyl (C=O) groups is 2. The van der Waals surface area contributed by atoms with Gasteiger partial charge < -0.3 is 15.0 Å². The van der Waals surface area contributed by atoms with Gasteiger partial charge in [0.25, 0.3) is 0 Å². The van der Waals surface area contributed by atoms with E-state index in [0.29, 0.717) is 42.8 Å². The molecular formula is C19H27ClN2O3. The Kier molecular flexibility index (Phi) is 7.26. The molecule has 0 radical (unpaired) electrons. The fraction of sp³-hybridized carbons (Fsp3) is 0.579. The number of halogens is 1. The van der Waals surface area contributed by atoms with E-state index in [4.69, 9.17) is 4.74 Å². The standard InChI is InChI=1S/C19H26N2O3.ClH/c1-14(22)15-4-2-5-18(12-15)24-11-3-6-19(23)21-10-9-16-7-8-17(13-21)20-16;/h2,4-5,12,16-17,20H,3,6-11,13H2,1H3;1H. The third-order valence-corrected chi connectivity index (χ3v) is 4.92. The van der Waals surface area contributed by atoms with Crippen LogP contribution in [0, 0.1) is 0 Å². The second-order valence-corrected chi connectivity index (χ2v) is 6.80. The Morgan fingerprint density at radius 2 is 2.04 bits per heavy atom. The van der Waals surface area contributed by atoms with Crippen molar-refractivity contribution in [3.8, 4) is 5.75 Å². The number of likely N-dealkylation sites (tertiary alicyclic amines) is 1. The topological polar surface area (TPSA) is 58.6 Å². The summed E-state index contributed by atoms with van der Waals surface area (Å²) in [5, 5.41) is 3.59. The molecule has 2 fully saturated rings. The predicted octanol–water partition coefficient (Wildman–Crippen LogP) is 2.82. The van der Waals surface area contributed by atoms with Crippen molar-refractivity contribution in [2.75, 3.05) is 19.7 Å². The molecule has 1 aromatic carbocycles. The molecule has 2 aliphatic heterocycles. The number of hydrogen-bond donors (Lipinski definition) is 1. The summed E-state index contributed by atoms with van der Waals surface area (Å²) in [6.45, 7) is 3.75. The van der Waals surface area contributed by atoms with Gasteiger partial charge in [-0.05, 0) is 44.7 Å². The Labute approximate surface area is 155 Å². The van der Waals surface area contributed by atoms with Crippen LogP contribution in [0.3, 0.4) is 0 Å². The van der Waals surface area contributed by atoms with Gasteiger partial charge in [0.2, 0.25) is 5.91 Å². The molecule has 138 valence electrons. The molecule has 0 spiro atoms. The molecule has 2 heterocycles. The van der Waals surface area contributed by atoms with E-state index in [-0.39, 0.29) is 24.1 Å². The molecule has 2 unspecified atom stereocenters. The van der Waals surface area contributed by atoms with Crippen molar-refractivity contribution in [1.29, 1.82) is 0 Å². The van der Waals surface area contributed by atoms with Crippen LogP contribution in [0.25, 0.3) is 0 Å². The van der Waals surface area contributed by atoms with E-state index in [0.717, 1.165) is 19.5 Å². The first-order valence-electron chi connectivity index (χ1n) is 8.89. The summed E-state index contributed by atoms with van der Waals surface area (Å²) < 4.78 is 5.67. The number of Topliss-reactive ketones (excluding diaryl/α,β-unsaturated/α-hetero) is 1. The Hall–Kier alpha value is -1.59. The lowest BCUT2D eigenvalue weighted by Crippen LogP contribution is -2.39. The maximum absolute atomic E-state index is 12.4. The van der Waals surface area contributed by atoms with Crippen molar-refractivity contribution in [3.63, 3.8) is 0 Å². The molecule has 2 aliphatic rings. The van der Waals surface area contributed by atoms with Crippen LogP contribution in [0.5, 0.6) is 5.75 Å². The van der Waals surface area contributed by atoms with Crippen LogP contribution in [0.2, 0.25) is 0 Å². The first kappa shape index (κ1) is 19.7. The molecule has 1 aromatic rings. The summed E-state index contributed by atoms with van der Waals surface area (Å²) in [4.78, 5) is 25.8. The zero-order valence-corrected chi connectivity index (χ0v) is 15.5. The molecule has 1 amide bonds.